The van der Waals surface area contributed by atoms with Crippen LogP contribution in [0.4, 0.5) is 13.2 Å². The van der Waals surface area contributed by atoms with Crippen LogP contribution in [0.5, 0.6) is 0 Å². The Balaban J connectivity index is 1.70. The maximum Gasteiger partial charge on any atom is 0.398 e. The molecule has 0 spiro atoms. The van der Waals surface area contributed by atoms with E-state index in [4.69, 9.17) is 5.26 Å². The average molecular weight is 349 g/mol. The smallest absolute Gasteiger partial charge is 0.313 e. The van der Waals surface area contributed by atoms with Crippen LogP contribution in [0.15, 0.2) is 24.3 Å². The summed E-state index contributed by atoms with van der Waals surface area (Å²) in [5, 5.41) is 19.8. The number of nitriles is 1. The second-order valence-corrected chi connectivity index (χ2v) is 6.20. The average Bonchev–Trinajstić information content (AvgIpc) is 3.02. The quantitative estimate of drug-likeness (QED) is 0.918. The fourth-order valence-electron chi connectivity index (χ4n) is 3.08. The SMILES string of the molecule is C[C@H](NCc1nnc2n1CCC[C@H]2C(F)(F)F)c1ccc(C#N)cc1. The van der Waals surface area contributed by atoms with Gasteiger partial charge in [0.25, 0.3) is 0 Å². The van der Waals surface area contributed by atoms with E-state index in [2.05, 4.69) is 21.6 Å². The van der Waals surface area contributed by atoms with Gasteiger partial charge in [0.2, 0.25) is 0 Å². The van der Waals surface area contributed by atoms with Crippen LogP contribution in [-0.2, 0) is 13.1 Å². The number of rotatable bonds is 4. The molecule has 0 bridgehead atoms. The van der Waals surface area contributed by atoms with Gasteiger partial charge in [0, 0.05) is 12.6 Å². The highest BCUT2D eigenvalue weighted by Gasteiger charge is 2.45. The first-order chi connectivity index (χ1) is 11.9. The minimum absolute atomic E-state index is 0.0153. The topological polar surface area (TPSA) is 66.5 Å². The zero-order valence-electron chi connectivity index (χ0n) is 13.7. The molecule has 132 valence electrons. The molecule has 2 aromatic rings. The van der Waals surface area contributed by atoms with Crippen LogP contribution in [0.25, 0.3) is 0 Å². The Labute approximate surface area is 143 Å². The summed E-state index contributed by atoms with van der Waals surface area (Å²) in [5.41, 5.74) is 1.58. The van der Waals surface area contributed by atoms with Crippen molar-refractivity contribution in [3.8, 4) is 6.07 Å². The third kappa shape index (κ3) is 3.66. The lowest BCUT2D eigenvalue weighted by molar-refractivity contribution is -0.156. The first kappa shape index (κ1) is 17.4. The molecule has 1 aromatic carbocycles. The van der Waals surface area contributed by atoms with Crippen LogP contribution in [0, 0.1) is 11.3 Å². The van der Waals surface area contributed by atoms with E-state index in [-0.39, 0.29) is 18.3 Å². The lowest BCUT2D eigenvalue weighted by atomic mass is 9.98. The van der Waals surface area contributed by atoms with Crippen molar-refractivity contribution in [2.45, 2.75) is 51.0 Å². The predicted octanol–water partition coefficient (Wildman–Crippen LogP) is 3.44. The summed E-state index contributed by atoms with van der Waals surface area (Å²) in [6.45, 7) is 2.79. The summed E-state index contributed by atoms with van der Waals surface area (Å²) in [6, 6.07) is 9.22. The third-order valence-electron chi connectivity index (χ3n) is 4.54. The van der Waals surface area contributed by atoms with E-state index in [0.29, 0.717) is 30.9 Å². The number of hydrogen-bond acceptors (Lipinski definition) is 4. The van der Waals surface area contributed by atoms with Crippen molar-refractivity contribution in [3.05, 3.63) is 47.0 Å². The molecule has 0 radical (unpaired) electrons. The number of fused-ring (bicyclic) bond motifs is 1. The van der Waals surface area contributed by atoms with E-state index < -0.39 is 12.1 Å². The lowest BCUT2D eigenvalue weighted by Crippen LogP contribution is -2.29. The molecule has 0 amide bonds. The standard InChI is InChI=1S/C17H18F3N5/c1-11(13-6-4-12(9-21)5-7-13)22-10-15-23-24-16-14(17(18,19)20)3-2-8-25(15)16/h4-7,11,14,22H,2-3,8,10H2,1H3/t11-,14+/m0/s1. The van der Waals surface area contributed by atoms with Crippen molar-refractivity contribution in [1.29, 1.82) is 5.26 Å². The fraction of sp³-hybridized carbons (Fsp3) is 0.471. The van der Waals surface area contributed by atoms with Gasteiger partial charge in [-0.15, -0.1) is 10.2 Å². The van der Waals surface area contributed by atoms with E-state index in [1.807, 2.05) is 19.1 Å². The maximum atomic E-state index is 13.1. The molecule has 0 unspecified atom stereocenters. The highest BCUT2D eigenvalue weighted by molar-refractivity contribution is 5.32. The van der Waals surface area contributed by atoms with Gasteiger partial charge in [-0.05, 0) is 37.5 Å². The Hall–Kier alpha value is -2.40. The Morgan fingerprint density at radius 3 is 2.68 bits per heavy atom. The van der Waals surface area contributed by atoms with Gasteiger partial charge in [0.05, 0.1) is 18.2 Å². The van der Waals surface area contributed by atoms with Crippen molar-refractivity contribution < 1.29 is 13.2 Å². The first-order valence-corrected chi connectivity index (χ1v) is 8.12. The molecule has 8 heteroatoms. The molecule has 3 rings (SSSR count). The lowest BCUT2D eigenvalue weighted by Gasteiger charge is -2.25. The number of alkyl halides is 3. The number of halogens is 3. The second kappa shape index (κ2) is 6.84. The van der Waals surface area contributed by atoms with E-state index >= 15 is 0 Å². The zero-order valence-corrected chi connectivity index (χ0v) is 13.7. The first-order valence-electron chi connectivity index (χ1n) is 8.12. The zero-order chi connectivity index (χ0) is 18.0. The van der Waals surface area contributed by atoms with Gasteiger partial charge in [0.15, 0.2) is 0 Å². The monoisotopic (exact) mass is 349 g/mol. The third-order valence-corrected chi connectivity index (χ3v) is 4.54. The normalized spacial score (nSPS) is 18.4. The molecule has 1 aliphatic rings. The summed E-state index contributed by atoms with van der Waals surface area (Å²) in [5.74, 6) is -0.996. The van der Waals surface area contributed by atoms with Crippen LogP contribution in [0.2, 0.25) is 0 Å². The minimum atomic E-state index is -4.29. The Morgan fingerprint density at radius 2 is 2.04 bits per heavy atom. The van der Waals surface area contributed by atoms with Crippen LogP contribution in [0.1, 0.15) is 54.5 Å². The molecule has 5 nitrogen and oxygen atoms in total. The summed E-state index contributed by atoms with van der Waals surface area (Å²) >= 11 is 0. The molecule has 1 aromatic heterocycles. The molecule has 25 heavy (non-hydrogen) atoms. The van der Waals surface area contributed by atoms with Gasteiger partial charge in [0.1, 0.15) is 17.6 Å². The maximum absolute atomic E-state index is 13.1. The summed E-state index contributed by atoms with van der Waals surface area (Å²) in [6.07, 6.45) is -3.75. The van der Waals surface area contributed by atoms with Gasteiger partial charge in [-0.2, -0.15) is 18.4 Å². The van der Waals surface area contributed by atoms with Crippen LogP contribution in [0.3, 0.4) is 0 Å². The van der Waals surface area contributed by atoms with Crippen molar-refractivity contribution in [2.24, 2.45) is 0 Å². The molecular weight excluding hydrogens is 331 g/mol. The van der Waals surface area contributed by atoms with E-state index in [1.165, 1.54) is 0 Å². The van der Waals surface area contributed by atoms with Gasteiger partial charge >= 0.3 is 6.18 Å². The molecule has 2 heterocycles. The fourth-order valence-corrected chi connectivity index (χ4v) is 3.08. The van der Waals surface area contributed by atoms with E-state index in [1.54, 1.807) is 16.7 Å². The van der Waals surface area contributed by atoms with Gasteiger partial charge < -0.3 is 9.88 Å². The molecule has 0 saturated heterocycles. The number of nitrogens with zero attached hydrogens (tertiary/aromatic N) is 4. The number of benzene rings is 1. The largest absolute Gasteiger partial charge is 0.398 e. The number of aromatic nitrogens is 3. The van der Waals surface area contributed by atoms with Crippen LogP contribution in [-0.4, -0.2) is 20.9 Å². The van der Waals surface area contributed by atoms with Crippen molar-refractivity contribution in [2.75, 3.05) is 0 Å². The summed E-state index contributed by atoms with van der Waals surface area (Å²) < 4.78 is 40.9. The number of nitrogens with one attached hydrogen (secondary N) is 1. The van der Waals surface area contributed by atoms with Crippen molar-refractivity contribution >= 4 is 0 Å². The van der Waals surface area contributed by atoms with E-state index in [9.17, 15) is 13.2 Å². The highest BCUT2D eigenvalue weighted by atomic mass is 19.4. The predicted molar refractivity (Wildman–Crippen MR) is 84.5 cm³/mol. The Morgan fingerprint density at radius 1 is 1.32 bits per heavy atom. The van der Waals surface area contributed by atoms with Gasteiger partial charge in [-0.25, -0.2) is 0 Å². The van der Waals surface area contributed by atoms with Crippen molar-refractivity contribution in [3.63, 3.8) is 0 Å². The van der Waals surface area contributed by atoms with Gasteiger partial charge in [-0.1, -0.05) is 12.1 Å². The van der Waals surface area contributed by atoms with Crippen molar-refractivity contribution in [1.82, 2.24) is 20.1 Å². The summed E-state index contributed by atoms with van der Waals surface area (Å²) in [7, 11) is 0. The van der Waals surface area contributed by atoms with Crippen LogP contribution < -0.4 is 5.32 Å². The van der Waals surface area contributed by atoms with Gasteiger partial charge in [-0.3, -0.25) is 0 Å². The number of hydrogen-bond donors (Lipinski definition) is 1. The Bertz CT molecular complexity index is 773. The second-order valence-electron chi connectivity index (χ2n) is 6.20. The minimum Gasteiger partial charge on any atom is -0.313 e. The summed E-state index contributed by atoms with van der Waals surface area (Å²) in [4.78, 5) is 0. The Kier molecular flexibility index (Phi) is 4.77. The molecule has 2 atom stereocenters. The molecule has 0 aliphatic carbocycles. The molecular formula is C17H18F3N5. The van der Waals surface area contributed by atoms with Crippen LogP contribution >= 0.6 is 0 Å². The van der Waals surface area contributed by atoms with E-state index in [0.717, 1.165) is 5.56 Å². The molecule has 0 fully saturated rings. The molecule has 0 saturated carbocycles. The molecule has 1 N–H and O–H groups in total. The highest BCUT2D eigenvalue weighted by Crippen LogP contribution is 2.40. The molecule has 1 aliphatic heterocycles.